The van der Waals surface area contributed by atoms with Crippen molar-refractivity contribution in [2.45, 2.75) is 25.2 Å². The molecule has 0 heterocycles. The van der Waals surface area contributed by atoms with Crippen molar-refractivity contribution < 1.29 is 17.2 Å². The molecule has 0 fully saturated rings. The Balaban J connectivity index is 2.99. The fourth-order valence-electron chi connectivity index (χ4n) is 1.34. The lowest BCUT2D eigenvalue weighted by Gasteiger charge is -2.10. The highest BCUT2D eigenvalue weighted by molar-refractivity contribution is 9.10. The first-order valence-electron chi connectivity index (χ1n) is 5.38. The van der Waals surface area contributed by atoms with E-state index >= 15 is 0 Å². The van der Waals surface area contributed by atoms with E-state index in [0.717, 1.165) is 6.07 Å². The highest BCUT2D eigenvalue weighted by Gasteiger charge is 2.23. The largest absolute Gasteiger partial charge is 0.244 e. The molecule has 0 saturated heterocycles. The van der Waals surface area contributed by atoms with Crippen LogP contribution in [-0.2, 0) is 10.0 Å². The molecule has 18 heavy (non-hydrogen) atoms. The van der Waals surface area contributed by atoms with Crippen LogP contribution in [0, 0.1) is 17.6 Å². The molecule has 0 saturated carbocycles. The lowest BCUT2D eigenvalue weighted by molar-refractivity contribution is 0.531. The van der Waals surface area contributed by atoms with Gasteiger partial charge in [-0.25, -0.2) is 21.9 Å². The minimum Gasteiger partial charge on any atom is -0.211 e. The second-order valence-electron chi connectivity index (χ2n) is 4.28. The Hall–Kier alpha value is -0.530. The maximum Gasteiger partial charge on any atom is 0.244 e. The number of hydrogen-bond acceptors (Lipinski definition) is 2. The Labute approximate surface area is 114 Å². The van der Waals surface area contributed by atoms with E-state index in [1.807, 2.05) is 13.8 Å². The molecule has 0 bridgehead atoms. The molecule has 0 aliphatic rings. The molecule has 1 aromatic rings. The minimum absolute atomic E-state index is 0.128. The fraction of sp³-hybridized carbons (Fsp3) is 0.455. The van der Waals surface area contributed by atoms with E-state index in [1.165, 1.54) is 0 Å². The van der Waals surface area contributed by atoms with Crippen molar-refractivity contribution in [2.75, 3.05) is 6.54 Å². The van der Waals surface area contributed by atoms with Crippen LogP contribution in [0.3, 0.4) is 0 Å². The van der Waals surface area contributed by atoms with Crippen molar-refractivity contribution >= 4 is 26.0 Å². The predicted octanol–water partition coefficient (Wildman–Crippen LogP) is 3.05. The summed E-state index contributed by atoms with van der Waals surface area (Å²) in [4.78, 5) is -0.562. The summed E-state index contributed by atoms with van der Waals surface area (Å²) in [6.07, 6.45) is 0.639. The molecule has 3 nitrogen and oxygen atoms in total. The van der Waals surface area contributed by atoms with Gasteiger partial charge < -0.3 is 0 Å². The van der Waals surface area contributed by atoms with Crippen LogP contribution in [0.5, 0.6) is 0 Å². The van der Waals surface area contributed by atoms with Crippen LogP contribution >= 0.6 is 15.9 Å². The molecule has 102 valence electrons. The molecule has 0 aliphatic carbocycles. The van der Waals surface area contributed by atoms with Crippen LogP contribution in [0.15, 0.2) is 21.5 Å². The lowest BCUT2D eigenvalue weighted by Crippen LogP contribution is -2.27. The fourth-order valence-corrected chi connectivity index (χ4v) is 3.55. The van der Waals surface area contributed by atoms with Crippen molar-refractivity contribution in [3.63, 3.8) is 0 Å². The number of halogens is 3. The van der Waals surface area contributed by atoms with Gasteiger partial charge in [-0.05, 0) is 34.3 Å². The van der Waals surface area contributed by atoms with Gasteiger partial charge in [0, 0.05) is 17.1 Å². The Morgan fingerprint density at radius 1 is 1.33 bits per heavy atom. The molecule has 0 amide bonds. The maximum absolute atomic E-state index is 13.5. The molecule has 0 aromatic heterocycles. The molecule has 1 rings (SSSR count). The molecule has 0 spiro atoms. The summed E-state index contributed by atoms with van der Waals surface area (Å²) in [5.74, 6) is -1.62. The van der Waals surface area contributed by atoms with E-state index in [1.54, 1.807) is 0 Å². The third kappa shape index (κ3) is 4.00. The summed E-state index contributed by atoms with van der Waals surface area (Å²) < 4.78 is 52.3. The second kappa shape index (κ2) is 6.08. The Morgan fingerprint density at radius 3 is 2.44 bits per heavy atom. The van der Waals surface area contributed by atoms with E-state index in [4.69, 9.17) is 0 Å². The van der Waals surface area contributed by atoms with Crippen LogP contribution < -0.4 is 4.72 Å². The van der Waals surface area contributed by atoms with Crippen molar-refractivity contribution in [3.05, 3.63) is 28.2 Å². The zero-order chi connectivity index (χ0) is 13.9. The first-order valence-corrected chi connectivity index (χ1v) is 7.66. The van der Waals surface area contributed by atoms with Gasteiger partial charge in [0.2, 0.25) is 10.0 Å². The lowest BCUT2D eigenvalue weighted by atomic mass is 10.1. The van der Waals surface area contributed by atoms with Gasteiger partial charge in [-0.1, -0.05) is 13.8 Å². The molecule has 1 aromatic carbocycles. The van der Waals surface area contributed by atoms with Crippen LogP contribution in [0.2, 0.25) is 0 Å². The average Bonchev–Trinajstić information content (AvgIpc) is 2.13. The summed E-state index contributed by atoms with van der Waals surface area (Å²) in [6.45, 7) is 4.11. The number of rotatable bonds is 5. The monoisotopic (exact) mass is 341 g/mol. The second-order valence-corrected chi connectivity index (χ2v) is 6.84. The van der Waals surface area contributed by atoms with Gasteiger partial charge in [-0.15, -0.1) is 0 Å². The van der Waals surface area contributed by atoms with Gasteiger partial charge in [0.1, 0.15) is 16.5 Å². The van der Waals surface area contributed by atoms with E-state index in [2.05, 4.69) is 20.7 Å². The predicted molar refractivity (Wildman–Crippen MR) is 68.7 cm³/mol. The summed E-state index contributed by atoms with van der Waals surface area (Å²) in [7, 11) is -3.97. The van der Waals surface area contributed by atoms with E-state index < -0.39 is 26.6 Å². The summed E-state index contributed by atoms with van der Waals surface area (Å²) in [6, 6.07) is 1.46. The van der Waals surface area contributed by atoms with Gasteiger partial charge in [0.25, 0.3) is 0 Å². The average molecular weight is 342 g/mol. The number of hydrogen-bond donors (Lipinski definition) is 1. The molecule has 0 aliphatic heterocycles. The van der Waals surface area contributed by atoms with Crippen LogP contribution in [0.4, 0.5) is 8.78 Å². The molecule has 7 heteroatoms. The smallest absolute Gasteiger partial charge is 0.211 e. The van der Waals surface area contributed by atoms with Gasteiger partial charge >= 0.3 is 0 Å². The summed E-state index contributed by atoms with van der Waals surface area (Å²) in [5.41, 5.74) is 0. The van der Waals surface area contributed by atoms with Gasteiger partial charge in [0.05, 0.1) is 0 Å². The molecule has 1 N–H and O–H groups in total. The molecular formula is C11H14BrF2NO2S. The Morgan fingerprint density at radius 2 is 1.94 bits per heavy atom. The molecule has 0 atom stereocenters. The third-order valence-electron chi connectivity index (χ3n) is 2.25. The van der Waals surface area contributed by atoms with Crippen molar-refractivity contribution in [2.24, 2.45) is 5.92 Å². The minimum atomic E-state index is -3.97. The van der Waals surface area contributed by atoms with Crippen molar-refractivity contribution in [1.29, 1.82) is 0 Å². The maximum atomic E-state index is 13.5. The number of nitrogens with one attached hydrogen (secondary N) is 1. The van der Waals surface area contributed by atoms with Crippen LogP contribution in [0.25, 0.3) is 0 Å². The normalized spacial score (nSPS) is 12.1. The first-order chi connectivity index (χ1) is 8.24. The molecule has 0 radical (unpaired) electrons. The number of sulfonamides is 1. The van der Waals surface area contributed by atoms with E-state index in [9.17, 15) is 17.2 Å². The SMILES string of the molecule is CC(C)CCNS(=O)(=O)c1c(F)cc(F)cc1Br. The van der Waals surface area contributed by atoms with Gasteiger partial charge in [0.15, 0.2) is 0 Å². The number of benzene rings is 1. The Bertz CT molecular complexity index is 509. The zero-order valence-electron chi connectivity index (χ0n) is 10.0. The summed E-state index contributed by atoms with van der Waals surface area (Å²) in [5, 5.41) is 0. The standard InChI is InChI=1S/C11H14BrF2NO2S/c1-7(2)3-4-15-18(16,17)11-9(12)5-8(13)6-10(11)14/h5-7,15H,3-4H2,1-2H3. The summed E-state index contributed by atoms with van der Waals surface area (Å²) >= 11 is 2.86. The zero-order valence-corrected chi connectivity index (χ0v) is 12.4. The van der Waals surface area contributed by atoms with E-state index in [0.29, 0.717) is 18.4 Å². The molecule has 0 unspecified atom stereocenters. The third-order valence-corrected chi connectivity index (χ3v) is 4.67. The highest BCUT2D eigenvalue weighted by Crippen LogP contribution is 2.26. The van der Waals surface area contributed by atoms with Gasteiger partial charge in [-0.2, -0.15) is 0 Å². The van der Waals surface area contributed by atoms with Crippen molar-refractivity contribution in [3.8, 4) is 0 Å². The quantitative estimate of drug-likeness (QED) is 0.894. The van der Waals surface area contributed by atoms with Gasteiger partial charge in [-0.3, -0.25) is 0 Å². The van der Waals surface area contributed by atoms with Crippen LogP contribution in [0.1, 0.15) is 20.3 Å². The topological polar surface area (TPSA) is 46.2 Å². The van der Waals surface area contributed by atoms with E-state index in [-0.39, 0.29) is 11.0 Å². The highest BCUT2D eigenvalue weighted by atomic mass is 79.9. The van der Waals surface area contributed by atoms with Crippen molar-refractivity contribution in [1.82, 2.24) is 4.72 Å². The Kier molecular flexibility index (Phi) is 5.24. The van der Waals surface area contributed by atoms with Crippen LogP contribution in [-0.4, -0.2) is 15.0 Å². The first kappa shape index (κ1) is 15.5. The molecular weight excluding hydrogens is 328 g/mol.